The second kappa shape index (κ2) is 3.36. The van der Waals surface area contributed by atoms with Crippen LogP contribution in [0.25, 0.3) is 0 Å². The largest absolute Gasteiger partial charge is 0.345 e. The van der Waals surface area contributed by atoms with Crippen LogP contribution in [0.5, 0.6) is 0 Å². The first kappa shape index (κ1) is 9.12. The third kappa shape index (κ3) is 1.60. The molecule has 2 heterocycles. The van der Waals surface area contributed by atoms with Crippen LogP contribution in [0.3, 0.4) is 0 Å². The highest BCUT2D eigenvalue weighted by Crippen LogP contribution is 2.26. The number of hydrogen-bond donors (Lipinski definition) is 0. The van der Waals surface area contributed by atoms with Crippen LogP contribution in [0.1, 0.15) is 17.9 Å². The molecule has 14 heavy (non-hydrogen) atoms. The molecule has 1 saturated heterocycles. The van der Waals surface area contributed by atoms with Gasteiger partial charge in [0.05, 0.1) is 0 Å². The Labute approximate surface area is 81.6 Å². The average molecular weight is 194 g/mol. The van der Waals surface area contributed by atoms with Gasteiger partial charge in [-0.15, -0.1) is 0 Å². The SMILES string of the molecule is CN1CC(c2ccc(F)nc2)CC1=O. The van der Waals surface area contributed by atoms with Gasteiger partial charge in [0.2, 0.25) is 11.9 Å². The summed E-state index contributed by atoms with van der Waals surface area (Å²) in [4.78, 5) is 16.5. The van der Waals surface area contributed by atoms with Crippen molar-refractivity contribution in [1.29, 1.82) is 0 Å². The van der Waals surface area contributed by atoms with Gasteiger partial charge in [-0.3, -0.25) is 4.79 Å². The van der Waals surface area contributed by atoms with Crippen molar-refractivity contribution in [3.63, 3.8) is 0 Å². The molecule has 2 rings (SSSR count). The van der Waals surface area contributed by atoms with Crippen LogP contribution in [0, 0.1) is 5.95 Å². The number of aromatic nitrogens is 1. The van der Waals surface area contributed by atoms with E-state index < -0.39 is 5.95 Å². The molecule has 0 N–H and O–H groups in total. The highest BCUT2D eigenvalue weighted by atomic mass is 19.1. The Balaban J connectivity index is 2.17. The van der Waals surface area contributed by atoms with Crippen molar-refractivity contribution in [2.45, 2.75) is 12.3 Å². The van der Waals surface area contributed by atoms with E-state index in [2.05, 4.69) is 4.98 Å². The molecule has 1 aromatic heterocycles. The minimum atomic E-state index is -0.480. The molecule has 1 atom stereocenters. The molecule has 0 aromatic carbocycles. The van der Waals surface area contributed by atoms with Gasteiger partial charge in [-0.1, -0.05) is 6.07 Å². The summed E-state index contributed by atoms with van der Waals surface area (Å²) >= 11 is 0. The number of likely N-dealkylation sites (N-methyl/N-ethyl adjacent to an activating group) is 1. The summed E-state index contributed by atoms with van der Waals surface area (Å²) < 4.78 is 12.5. The van der Waals surface area contributed by atoms with Gasteiger partial charge in [0.25, 0.3) is 0 Å². The molecule has 1 unspecified atom stereocenters. The maximum absolute atomic E-state index is 12.5. The number of carbonyl (C=O) groups excluding carboxylic acids is 1. The predicted octanol–water partition coefficient (Wildman–Crippen LogP) is 1.17. The zero-order valence-corrected chi connectivity index (χ0v) is 7.90. The summed E-state index contributed by atoms with van der Waals surface area (Å²) in [5.41, 5.74) is 0.934. The second-order valence-corrected chi connectivity index (χ2v) is 3.59. The van der Waals surface area contributed by atoms with E-state index in [1.54, 1.807) is 18.0 Å². The van der Waals surface area contributed by atoms with Crippen molar-refractivity contribution in [1.82, 2.24) is 9.88 Å². The van der Waals surface area contributed by atoms with Crippen molar-refractivity contribution in [3.05, 3.63) is 29.8 Å². The Bertz CT molecular complexity index is 350. The molecule has 1 fully saturated rings. The van der Waals surface area contributed by atoms with Crippen molar-refractivity contribution in [3.8, 4) is 0 Å². The van der Waals surface area contributed by atoms with E-state index in [0.29, 0.717) is 13.0 Å². The van der Waals surface area contributed by atoms with Crippen LogP contribution in [0.4, 0.5) is 4.39 Å². The van der Waals surface area contributed by atoms with E-state index in [1.165, 1.54) is 12.3 Å². The van der Waals surface area contributed by atoms with Gasteiger partial charge in [0.1, 0.15) is 0 Å². The van der Waals surface area contributed by atoms with Crippen molar-refractivity contribution >= 4 is 5.91 Å². The normalized spacial score (nSPS) is 21.7. The van der Waals surface area contributed by atoms with Crippen LogP contribution < -0.4 is 0 Å². The number of amides is 1. The first-order valence-electron chi connectivity index (χ1n) is 4.52. The van der Waals surface area contributed by atoms with Crippen LogP contribution in [0.15, 0.2) is 18.3 Å². The van der Waals surface area contributed by atoms with E-state index in [-0.39, 0.29) is 11.8 Å². The molecule has 0 spiro atoms. The maximum atomic E-state index is 12.5. The lowest BCUT2D eigenvalue weighted by molar-refractivity contribution is -0.126. The summed E-state index contributed by atoms with van der Waals surface area (Å²) in [5.74, 6) is -0.175. The van der Waals surface area contributed by atoms with Gasteiger partial charge in [0.15, 0.2) is 0 Å². The van der Waals surface area contributed by atoms with Crippen LogP contribution in [-0.2, 0) is 4.79 Å². The number of carbonyl (C=O) groups is 1. The Kier molecular flexibility index (Phi) is 2.19. The first-order valence-corrected chi connectivity index (χ1v) is 4.52. The Morgan fingerprint density at radius 1 is 1.57 bits per heavy atom. The molecule has 1 aliphatic heterocycles. The zero-order valence-electron chi connectivity index (χ0n) is 7.90. The van der Waals surface area contributed by atoms with E-state index in [4.69, 9.17) is 0 Å². The third-order valence-corrected chi connectivity index (χ3v) is 2.56. The van der Waals surface area contributed by atoms with E-state index in [1.807, 2.05) is 0 Å². The average Bonchev–Trinajstić information content (AvgIpc) is 2.48. The van der Waals surface area contributed by atoms with Crippen molar-refractivity contribution < 1.29 is 9.18 Å². The fraction of sp³-hybridized carbons (Fsp3) is 0.400. The van der Waals surface area contributed by atoms with E-state index in [9.17, 15) is 9.18 Å². The van der Waals surface area contributed by atoms with Crippen molar-refractivity contribution in [2.75, 3.05) is 13.6 Å². The fourth-order valence-electron chi connectivity index (χ4n) is 1.72. The molecule has 4 heteroatoms. The number of pyridine rings is 1. The molecule has 1 aromatic rings. The Hall–Kier alpha value is -1.45. The maximum Gasteiger partial charge on any atom is 0.223 e. The molecule has 1 amide bonds. The van der Waals surface area contributed by atoms with Gasteiger partial charge in [-0.05, 0) is 11.6 Å². The van der Waals surface area contributed by atoms with E-state index in [0.717, 1.165) is 5.56 Å². The minimum absolute atomic E-state index is 0.138. The summed E-state index contributed by atoms with van der Waals surface area (Å²) in [7, 11) is 1.78. The second-order valence-electron chi connectivity index (χ2n) is 3.59. The molecule has 0 saturated carbocycles. The van der Waals surface area contributed by atoms with Crippen LogP contribution in [-0.4, -0.2) is 29.4 Å². The van der Waals surface area contributed by atoms with Gasteiger partial charge >= 0.3 is 0 Å². The summed E-state index contributed by atoms with van der Waals surface area (Å²) in [6.45, 7) is 0.701. The number of rotatable bonds is 1. The number of halogens is 1. The summed E-state index contributed by atoms with van der Waals surface area (Å²) in [6, 6.07) is 3.03. The monoisotopic (exact) mass is 194 g/mol. The molecular formula is C10H11FN2O. The molecule has 3 nitrogen and oxygen atoms in total. The molecule has 0 radical (unpaired) electrons. The van der Waals surface area contributed by atoms with E-state index >= 15 is 0 Å². The van der Waals surface area contributed by atoms with Crippen molar-refractivity contribution in [2.24, 2.45) is 0 Å². The lowest BCUT2D eigenvalue weighted by Gasteiger charge is -2.09. The lowest BCUT2D eigenvalue weighted by atomic mass is 10.0. The van der Waals surface area contributed by atoms with Crippen LogP contribution >= 0.6 is 0 Å². The van der Waals surface area contributed by atoms with Crippen LogP contribution in [0.2, 0.25) is 0 Å². The Morgan fingerprint density at radius 3 is 2.86 bits per heavy atom. The third-order valence-electron chi connectivity index (χ3n) is 2.56. The topological polar surface area (TPSA) is 33.2 Å². The van der Waals surface area contributed by atoms with Gasteiger partial charge < -0.3 is 4.90 Å². The first-order chi connectivity index (χ1) is 6.66. The standard InChI is InChI=1S/C10H11FN2O/c1-13-6-8(4-10(13)14)7-2-3-9(11)12-5-7/h2-3,5,8H,4,6H2,1H3. The summed E-state index contributed by atoms with van der Waals surface area (Å²) in [5, 5.41) is 0. The zero-order chi connectivity index (χ0) is 10.1. The summed E-state index contributed by atoms with van der Waals surface area (Å²) in [6.07, 6.45) is 2.01. The quantitative estimate of drug-likeness (QED) is 0.629. The lowest BCUT2D eigenvalue weighted by Crippen LogP contribution is -2.18. The molecule has 1 aliphatic rings. The molecular weight excluding hydrogens is 183 g/mol. The molecule has 0 aliphatic carbocycles. The highest BCUT2D eigenvalue weighted by molar-refractivity contribution is 5.79. The predicted molar refractivity (Wildman–Crippen MR) is 49.2 cm³/mol. The number of likely N-dealkylation sites (tertiary alicyclic amines) is 1. The van der Waals surface area contributed by atoms with Gasteiger partial charge in [0, 0.05) is 32.1 Å². The smallest absolute Gasteiger partial charge is 0.223 e. The number of hydrogen-bond acceptors (Lipinski definition) is 2. The molecule has 0 bridgehead atoms. The fourth-order valence-corrected chi connectivity index (χ4v) is 1.72. The molecule has 74 valence electrons. The highest BCUT2D eigenvalue weighted by Gasteiger charge is 2.27. The minimum Gasteiger partial charge on any atom is -0.345 e. The number of nitrogens with zero attached hydrogens (tertiary/aromatic N) is 2. The van der Waals surface area contributed by atoms with Gasteiger partial charge in [-0.25, -0.2) is 4.98 Å². The van der Waals surface area contributed by atoms with Gasteiger partial charge in [-0.2, -0.15) is 4.39 Å². The Morgan fingerprint density at radius 2 is 2.36 bits per heavy atom.